The van der Waals surface area contributed by atoms with E-state index in [1.165, 1.54) is 6.26 Å². The zero-order chi connectivity index (χ0) is 27.4. The van der Waals surface area contributed by atoms with Crippen LogP contribution in [0.3, 0.4) is 0 Å². The largest absolute Gasteiger partial charge is 0.497 e. The van der Waals surface area contributed by atoms with E-state index in [9.17, 15) is 14.4 Å². The maximum Gasteiger partial charge on any atom is 0.256 e. The molecular formula is C29H31N3O7. The predicted molar refractivity (Wildman–Crippen MR) is 140 cm³/mol. The van der Waals surface area contributed by atoms with Crippen molar-refractivity contribution >= 4 is 17.7 Å². The van der Waals surface area contributed by atoms with Crippen molar-refractivity contribution in [3.05, 3.63) is 83.8 Å². The van der Waals surface area contributed by atoms with E-state index in [2.05, 4.69) is 5.32 Å². The molecule has 5 rings (SSSR count). The summed E-state index contributed by atoms with van der Waals surface area (Å²) < 4.78 is 22.0. The molecule has 2 saturated heterocycles. The van der Waals surface area contributed by atoms with E-state index < -0.39 is 11.8 Å². The highest BCUT2D eigenvalue weighted by atomic mass is 16.5. The van der Waals surface area contributed by atoms with Crippen LogP contribution in [0.2, 0.25) is 0 Å². The number of hydrogen-bond donors (Lipinski definition) is 1. The third kappa shape index (κ3) is 5.33. The molecule has 1 unspecified atom stereocenters. The van der Waals surface area contributed by atoms with E-state index in [1.54, 1.807) is 84.7 Å². The van der Waals surface area contributed by atoms with Crippen LogP contribution in [-0.4, -0.2) is 73.2 Å². The molecule has 1 aromatic heterocycles. The first-order chi connectivity index (χ1) is 18.9. The topological polar surface area (TPSA) is 111 Å². The number of nitrogens with one attached hydrogen (secondary N) is 1. The second-order valence-electron chi connectivity index (χ2n) is 9.49. The van der Waals surface area contributed by atoms with Gasteiger partial charge in [0.2, 0.25) is 5.91 Å². The molecule has 2 aliphatic rings. The Bertz CT molecular complexity index is 1300. The highest BCUT2D eigenvalue weighted by molar-refractivity contribution is 5.99. The van der Waals surface area contributed by atoms with Crippen molar-refractivity contribution < 1.29 is 33.0 Å². The van der Waals surface area contributed by atoms with Gasteiger partial charge in [0.25, 0.3) is 11.8 Å². The van der Waals surface area contributed by atoms with Crippen molar-refractivity contribution in [3.8, 4) is 11.5 Å². The molecule has 39 heavy (non-hydrogen) atoms. The van der Waals surface area contributed by atoms with Gasteiger partial charge in [0, 0.05) is 37.1 Å². The molecule has 0 aliphatic carbocycles. The van der Waals surface area contributed by atoms with Crippen molar-refractivity contribution in [1.82, 2.24) is 15.1 Å². The first-order valence-corrected chi connectivity index (χ1v) is 12.8. The van der Waals surface area contributed by atoms with Crippen molar-refractivity contribution in [2.45, 2.75) is 31.2 Å². The van der Waals surface area contributed by atoms with Crippen molar-refractivity contribution in [1.29, 1.82) is 0 Å². The first-order valence-electron chi connectivity index (χ1n) is 12.8. The molecule has 3 amide bonds. The Morgan fingerprint density at radius 3 is 2.03 bits per heavy atom. The number of piperidine rings is 1. The van der Waals surface area contributed by atoms with E-state index >= 15 is 0 Å². The minimum atomic E-state index is -1.01. The zero-order valence-electron chi connectivity index (χ0n) is 21.9. The Morgan fingerprint density at radius 2 is 1.49 bits per heavy atom. The number of likely N-dealkylation sites (tertiary alicyclic amines) is 1. The Morgan fingerprint density at radius 1 is 0.897 bits per heavy atom. The molecule has 204 valence electrons. The van der Waals surface area contributed by atoms with Crippen molar-refractivity contribution in [3.63, 3.8) is 0 Å². The summed E-state index contributed by atoms with van der Waals surface area (Å²) in [6, 6.07) is 16.4. The van der Waals surface area contributed by atoms with E-state index in [1.807, 2.05) is 0 Å². The molecule has 0 bridgehead atoms. The lowest BCUT2D eigenvalue weighted by Crippen LogP contribution is -2.59. The first kappa shape index (κ1) is 26.3. The fourth-order valence-corrected chi connectivity index (χ4v) is 5.12. The standard InChI is InChI=1S/C29H31N3O7/c1-36-22-9-5-20(6-10-22)27(34)31-15-13-29(14-16-31)32(28(35)21-7-11-23(37-2)12-8-21)25(19-39-29)26(33)30-18-24-4-3-17-38-24/h3-12,17,25H,13-16,18-19H2,1-2H3,(H,30,33). The molecular weight excluding hydrogens is 502 g/mol. The summed E-state index contributed by atoms with van der Waals surface area (Å²) in [4.78, 5) is 43.6. The molecule has 10 heteroatoms. The average molecular weight is 534 g/mol. The summed E-state index contributed by atoms with van der Waals surface area (Å²) >= 11 is 0. The second-order valence-corrected chi connectivity index (χ2v) is 9.49. The van der Waals surface area contributed by atoms with Gasteiger partial charge in [0.1, 0.15) is 29.0 Å². The maximum atomic E-state index is 13.9. The number of furan rings is 1. The van der Waals surface area contributed by atoms with E-state index in [0.29, 0.717) is 54.3 Å². The quantitative estimate of drug-likeness (QED) is 0.497. The summed E-state index contributed by atoms with van der Waals surface area (Å²) in [5, 5.41) is 2.86. The molecule has 10 nitrogen and oxygen atoms in total. The molecule has 3 aromatic rings. The predicted octanol–water partition coefficient (Wildman–Crippen LogP) is 3.09. The van der Waals surface area contributed by atoms with Crippen LogP contribution in [0.15, 0.2) is 71.3 Å². The van der Waals surface area contributed by atoms with Crippen LogP contribution >= 0.6 is 0 Å². The number of benzene rings is 2. The number of carbonyl (C=O) groups is 3. The lowest BCUT2D eigenvalue weighted by Gasteiger charge is -2.44. The molecule has 0 saturated carbocycles. The number of ether oxygens (including phenoxy) is 3. The molecule has 3 heterocycles. The van der Waals surface area contributed by atoms with E-state index in [4.69, 9.17) is 18.6 Å². The van der Waals surface area contributed by atoms with Gasteiger partial charge in [-0.2, -0.15) is 0 Å². The molecule has 2 aliphatic heterocycles. The van der Waals surface area contributed by atoms with Crippen molar-refractivity contribution in [2.24, 2.45) is 0 Å². The maximum absolute atomic E-state index is 13.9. The molecule has 2 fully saturated rings. The summed E-state index contributed by atoms with van der Waals surface area (Å²) in [5.41, 5.74) is -0.0397. The number of carbonyl (C=O) groups excluding carboxylic acids is 3. The third-order valence-electron chi connectivity index (χ3n) is 7.30. The Balaban J connectivity index is 1.35. The minimum absolute atomic E-state index is 0.0539. The molecule has 1 spiro atoms. The van der Waals surface area contributed by atoms with Gasteiger partial charge in [-0.1, -0.05) is 0 Å². The van der Waals surface area contributed by atoms with E-state index in [-0.39, 0.29) is 30.9 Å². The molecule has 0 radical (unpaired) electrons. The minimum Gasteiger partial charge on any atom is -0.497 e. The Kier molecular flexibility index (Phi) is 7.56. The van der Waals surface area contributed by atoms with Crippen molar-refractivity contribution in [2.75, 3.05) is 33.9 Å². The third-order valence-corrected chi connectivity index (χ3v) is 7.30. The number of amides is 3. The van der Waals surface area contributed by atoms with Gasteiger partial charge in [-0.25, -0.2) is 0 Å². The average Bonchev–Trinajstić information content (AvgIpc) is 3.64. The highest BCUT2D eigenvalue weighted by Crippen LogP contribution is 2.39. The normalized spacial score (nSPS) is 18.2. The smallest absolute Gasteiger partial charge is 0.256 e. The van der Waals surface area contributed by atoms with Gasteiger partial charge in [0.05, 0.1) is 33.6 Å². The lowest BCUT2D eigenvalue weighted by molar-refractivity contribution is -0.128. The van der Waals surface area contributed by atoms with Gasteiger partial charge in [0.15, 0.2) is 0 Å². The number of nitrogens with zero attached hydrogens (tertiary/aromatic N) is 2. The zero-order valence-corrected chi connectivity index (χ0v) is 21.9. The van der Waals surface area contributed by atoms with Gasteiger partial charge in [-0.15, -0.1) is 0 Å². The number of methoxy groups -OCH3 is 2. The summed E-state index contributed by atoms with van der Waals surface area (Å²) in [6.07, 6.45) is 2.28. The number of hydrogen-bond acceptors (Lipinski definition) is 7. The highest BCUT2D eigenvalue weighted by Gasteiger charge is 2.54. The van der Waals surface area contributed by atoms with Crippen LogP contribution in [0.1, 0.15) is 39.3 Å². The van der Waals surface area contributed by atoms with Crippen LogP contribution < -0.4 is 14.8 Å². The van der Waals surface area contributed by atoms with Crippen LogP contribution in [-0.2, 0) is 16.1 Å². The molecule has 2 aromatic carbocycles. The van der Waals surface area contributed by atoms with Crippen LogP contribution in [0.5, 0.6) is 11.5 Å². The van der Waals surface area contributed by atoms with Gasteiger partial charge >= 0.3 is 0 Å². The van der Waals surface area contributed by atoms with E-state index in [0.717, 1.165) is 0 Å². The Labute approximate surface area is 226 Å². The van der Waals surface area contributed by atoms with Gasteiger partial charge in [-0.3, -0.25) is 19.3 Å². The fourth-order valence-electron chi connectivity index (χ4n) is 5.12. The van der Waals surface area contributed by atoms with Crippen LogP contribution in [0.25, 0.3) is 0 Å². The summed E-state index contributed by atoms with van der Waals surface area (Å²) in [6.45, 7) is 0.998. The van der Waals surface area contributed by atoms with Gasteiger partial charge < -0.3 is 28.8 Å². The second kappa shape index (κ2) is 11.2. The van der Waals surface area contributed by atoms with Crippen LogP contribution in [0.4, 0.5) is 0 Å². The van der Waals surface area contributed by atoms with Crippen LogP contribution in [0, 0.1) is 0 Å². The molecule has 1 atom stereocenters. The SMILES string of the molecule is COc1ccc(C(=O)N2CCC3(CC2)OCC(C(=O)NCc2ccco2)N3C(=O)c2ccc(OC)cc2)cc1. The summed E-state index contributed by atoms with van der Waals surface area (Å²) in [7, 11) is 3.13. The monoisotopic (exact) mass is 533 g/mol. The Hall–Kier alpha value is -4.31. The lowest BCUT2D eigenvalue weighted by atomic mass is 9.96. The molecule has 1 N–H and O–H groups in total. The summed E-state index contributed by atoms with van der Waals surface area (Å²) in [5.74, 6) is 1.15. The number of rotatable bonds is 7. The van der Waals surface area contributed by atoms with Gasteiger partial charge in [-0.05, 0) is 60.7 Å². The fraction of sp³-hybridized carbons (Fsp3) is 0.345.